The van der Waals surface area contributed by atoms with Crippen LogP contribution in [0.15, 0.2) is 47.0 Å². The summed E-state index contributed by atoms with van der Waals surface area (Å²) < 4.78 is 3.99. The van der Waals surface area contributed by atoms with Gasteiger partial charge in [0.1, 0.15) is 27.0 Å². The Morgan fingerprint density at radius 1 is 1.36 bits per heavy atom. The summed E-state index contributed by atoms with van der Waals surface area (Å²) in [4.78, 5) is 60.8. The zero-order chi connectivity index (χ0) is 32.6. The van der Waals surface area contributed by atoms with Gasteiger partial charge in [0.2, 0.25) is 11.1 Å². The number of β-lactam (4-membered cyclic amide) rings is 1. The SMILES string of the molecule is CNCCn1ccc2c1ccc[n+]2CC1=C(C(=O)[O-])N2C(=O)C(NC(=O)/C(=N\OC(C)(C)C(=O)O)c3nc(N)sc3Cl)C2SC1. The molecule has 5 rings (SSSR count). The molecule has 45 heavy (non-hydrogen) atoms. The Balaban J connectivity index is 1.39. The fourth-order valence-corrected chi connectivity index (χ4v) is 7.11. The van der Waals surface area contributed by atoms with Crippen LogP contribution in [0.2, 0.25) is 4.34 Å². The maximum atomic E-state index is 13.4. The average molecular weight is 677 g/mol. The van der Waals surface area contributed by atoms with Gasteiger partial charge in [-0.2, -0.15) is 4.57 Å². The largest absolute Gasteiger partial charge is 0.543 e. The van der Waals surface area contributed by atoms with E-state index in [9.17, 15) is 29.4 Å². The molecule has 238 valence electrons. The van der Waals surface area contributed by atoms with Crippen molar-refractivity contribution in [3.05, 3.63) is 51.9 Å². The molecule has 15 nitrogen and oxygen atoms in total. The Kier molecular flexibility index (Phi) is 9.06. The fraction of sp³-hybridized carbons (Fsp3) is 0.370. The minimum Gasteiger partial charge on any atom is -0.543 e. The number of hydrogen-bond donors (Lipinski definition) is 4. The van der Waals surface area contributed by atoms with Crippen LogP contribution >= 0.6 is 34.7 Å². The number of rotatable bonds is 12. The lowest BCUT2D eigenvalue weighted by atomic mass is 10.0. The molecule has 2 aliphatic rings. The number of thiazole rings is 1. The first-order valence-electron chi connectivity index (χ1n) is 13.6. The number of nitrogens with one attached hydrogen (secondary N) is 2. The van der Waals surface area contributed by atoms with E-state index in [1.54, 1.807) is 0 Å². The first-order chi connectivity index (χ1) is 21.3. The van der Waals surface area contributed by atoms with Crippen molar-refractivity contribution >= 4 is 80.3 Å². The Labute approximate surface area is 269 Å². The van der Waals surface area contributed by atoms with Crippen molar-refractivity contribution in [3.63, 3.8) is 0 Å². The number of nitrogen functional groups attached to an aromatic ring is 1. The highest BCUT2D eigenvalue weighted by Gasteiger charge is 2.53. The standard InChI is InChI=1S/C27H29ClN8O7S2/c1-27(2,25(41)42)43-33-17(16-20(28)45-26(29)32-16)21(37)31-18-22(38)36-19(24(39)40)13(12-44-23(18)36)11-35-8-4-5-14-15(35)6-9-34(14)10-7-30-3/h4-6,8-9,18,23,30H,7,10-12H2,1-3H3,(H4-,29,31,32,37,39,40,41,42)/b33-17-. The van der Waals surface area contributed by atoms with E-state index in [0.29, 0.717) is 5.57 Å². The van der Waals surface area contributed by atoms with E-state index in [-0.39, 0.29) is 33.2 Å². The van der Waals surface area contributed by atoms with Gasteiger partial charge in [-0.1, -0.05) is 28.1 Å². The summed E-state index contributed by atoms with van der Waals surface area (Å²) in [5.74, 6) is -4.23. The summed E-state index contributed by atoms with van der Waals surface area (Å²) in [6.07, 6.45) is 3.80. The number of likely N-dealkylation sites (N-methyl/N-ethyl adjacent to an activating group) is 1. The predicted molar refractivity (Wildman–Crippen MR) is 164 cm³/mol. The Bertz CT molecular complexity index is 1770. The number of carboxylic acids is 2. The number of carbonyl (C=O) groups excluding carboxylic acids is 3. The number of aromatic nitrogens is 3. The van der Waals surface area contributed by atoms with Crippen LogP contribution in [0.5, 0.6) is 0 Å². The molecule has 2 unspecified atom stereocenters. The van der Waals surface area contributed by atoms with Crippen LogP contribution in [0, 0.1) is 0 Å². The summed E-state index contributed by atoms with van der Waals surface area (Å²) in [6.45, 7) is 4.18. The van der Waals surface area contributed by atoms with Gasteiger partial charge in [0.25, 0.3) is 11.8 Å². The molecule has 0 spiro atoms. The lowest BCUT2D eigenvalue weighted by molar-refractivity contribution is -0.663. The molecular weight excluding hydrogens is 648 g/mol. The van der Waals surface area contributed by atoms with Crippen molar-refractivity contribution in [2.75, 3.05) is 25.1 Å². The molecule has 0 radical (unpaired) electrons. The van der Waals surface area contributed by atoms with Crippen LogP contribution in [0.3, 0.4) is 0 Å². The van der Waals surface area contributed by atoms with E-state index in [1.165, 1.54) is 25.6 Å². The van der Waals surface area contributed by atoms with Gasteiger partial charge >= 0.3 is 5.97 Å². The predicted octanol–water partition coefficient (Wildman–Crippen LogP) is -0.472. The topological polar surface area (TPSA) is 208 Å². The molecule has 1 saturated heterocycles. The van der Waals surface area contributed by atoms with Crippen LogP contribution in [-0.4, -0.2) is 85.4 Å². The van der Waals surface area contributed by atoms with Gasteiger partial charge in [-0.05, 0) is 27.0 Å². The third-order valence-corrected chi connectivity index (χ3v) is 9.65. The summed E-state index contributed by atoms with van der Waals surface area (Å²) in [6, 6.07) is 4.67. The molecule has 1 fully saturated rings. The smallest absolute Gasteiger partial charge is 0.350 e. The second-order valence-corrected chi connectivity index (χ2v) is 13.4. The molecule has 5 N–H and O–H groups in total. The van der Waals surface area contributed by atoms with Crippen molar-refractivity contribution < 1.29 is 38.8 Å². The van der Waals surface area contributed by atoms with Crippen molar-refractivity contribution in [1.82, 2.24) is 25.1 Å². The minimum atomic E-state index is -1.82. The maximum absolute atomic E-state index is 13.4. The third-order valence-electron chi connectivity index (χ3n) is 7.23. The van der Waals surface area contributed by atoms with Crippen molar-refractivity contribution in [1.29, 1.82) is 0 Å². The van der Waals surface area contributed by atoms with E-state index < -0.39 is 46.5 Å². The molecule has 0 bridgehead atoms. The monoisotopic (exact) mass is 676 g/mol. The van der Waals surface area contributed by atoms with Gasteiger partial charge in [0.05, 0.1) is 11.7 Å². The van der Waals surface area contributed by atoms with Gasteiger partial charge in [0, 0.05) is 42.7 Å². The molecule has 2 aliphatic heterocycles. The van der Waals surface area contributed by atoms with Crippen molar-refractivity contribution in [3.8, 4) is 0 Å². The van der Waals surface area contributed by atoms with Gasteiger partial charge in [0.15, 0.2) is 23.6 Å². The normalized spacial score (nSPS) is 18.5. The molecule has 3 aromatic rings. The van der Waals surface area contributed by atoms with Crippen LogP contribution < -0.4 is 26.0 Å². The third kappa shape index (κ3) is 6.20. The molecule has 0 aliphatic carbocycles. The van der Waals surface area contributed by atoms with Gasteiger partial charge in [-0.25, -0.2) is 9.78 Å². The zero-order valence-electron chi connectivity index (χ0n) is 24.3. The van der Waals surface area contributed by atoms with Crippen LogP contribution in [0.4, 0.5) is 5.13 Å². The van der Waals surface area contributed by atoms with Crippen LogP contribution in [0.1, 0.15) is 19.5 Å². The highest BCUT2D eigenvalue weighted by atomic mass is 35.5. The van der Waals surface area contributed by atoms with Crippen molar-refractivity contribution in [2.24, 2.45) is 5.16 Å². The Morgan fingerprint density at radius 3 is 2.76 bits per heavy atom. The molecular formula is C27H29ClN8O7S2. The molecule has 18 heteroatoms. The highest BCUT2D eigenvalue weighted by molar-refractivity contribution is 8.00. The average Bonchev–Trinajstić information content (AvgIpc) is 3.56. The molecule has 0 aromatic carbocycles. The number of nitrogens with two attached hydrogens (primary N) is 1. The van der Waals surface area contributed by atoms with E-state index in [4.69, 9.17) is 22.2 Å². The molecule has 3 aromatic heterocycles. The number of fused-ring (bicyclic) bond motifs is 2. The summed E-state index contributed by atoms with van der Waals surface area (Å²) in [5.41, 5.74) is 5.34. The first kappa shape index (κ1) is 32.2. The van der Waals surface area contributed by atoms with Gasteiger partial charge in [-0.15, -0.1) is 11.8 Å². The minimum absolute atomic E-state index is 0.0107. The maximum Gasteiger partial charge on any atom is 0.350 e. The highest BCUT2D eigenvalue weighted by Crippen LogP contribution is 2.40. The second kappa shape index (κ2) is 12.7. The Morgan fingerprint density at radius 2 is 2.11 bits per heavy atom. The number of oxime groups is 1. The van der Waals surface area contributed by atoms with Crippen LogP contribution in [-0.2, 0) is 37.1 Å². The summed E-state index contributed by atoms with van der Waals surface area (Å²) in [7, 11) is 1.87. The van der Waals surface area contributed by atoms with E-state index >= 15 is 0 Å². The lowest BCUT2D eigenvalue weighted by Crippen LogP contribution is -2.71. The number of hydrogen-bond acceptors (Lipinski definition) is 12. The number of amides is 2. The zero-order valence-corrected chi connectivity index (χ0v) is 26.7. The number of carbonyl (C=O) groups is 4. The van der Waals surface area contributed by atoms with E-state index in [0.717, 1.165) is 40.4 Å². The number of carboxylic acid groups (broad SMARTS) is 2. The van der Waals surface area contributed by atoms with Crippen molar-refractivity contribution in [2.45, 2.75) is 44.0 Å². The number of aliphatic carboxylic acids is 2. The van der Waals surface area contributed by atoms with Gasteiger partial charge in [-0.3, -0.25) is 14.5 Å². The number of thioether (sulfide) groups is 1. The lowest BCUT2D eigenvalue weighted by Gasteiger charge is -2.50. The molecule has 0 saturated carbocycles. The summed E-state index contributed by atoms with van der Waals surface area (Å²) in [5, 5.41) is 30.4. The van der Waals surface area contributed by atoms with Gasteiger partial charge < -0.3 is 40.8 Å². The fourth-order valence-electron chi connectivity index (χ4n) is 4.84. The first-order valence-corrected chi connectivity index (χ1v) is 15.8. The molecule has 2 amide bonds. The number of anilines is 1. The quantitative estimate of drug-likeness (QED) is 0.0834. The second-order valence-electron chi connectivity index (χ2n) is 10.6. The summed E-state index contributed by atoms with van der Waals surface area (Å²) >= 11 is 8.33. The Hall–Kier alpha value is -4.19. The van der Waals surface area contributed by atoms with E-state index in [1.807, 2.05) is 42.2 Å². The number of nitrogens with zero attached hydrogens (tertiary/aromatic N) is 5. The number of halogens is 1. The van der Waals surface area contributed by atoms with E-state index in [2.05, 4.69) is 25.3 Å². The van der Waals surface area contributed by atoms with Crippen LogP contribution in [0.25, 0.3) is 11.0 Å². The number of pyridine rings is 1. The molecule has 2 atom stereocenters. The molecule has 5 heterocycles.